The number of carbonyl (C=O) groups excluding carboxylic acids is 1. The van der Waals surface area contributed by atoms with Gasteiger partial charge >= 0.3 is 16.1 Å². The maximum atomic E-state index is 11.8. The summed E-state index contributed by atoms with van der Waals surface area (Å²) in [5.41, 5.74) is -1.89. The van der Waals surface area contributed by atoms with Crippen LogP contribution in [0.1, 0.15) is 41.0 Å². The second-order valence-corrected chi connectivity index (χ2v) is 6.56. The van der Waals surface area contributed by atoms with E-state index in [1.54, 1.807) is 13.8 Å². The molecule has 0 saturated heterocycles. The van der Waals surface area contributed by atoms with Crippen molar-refractivity contribution < 1.29 is 27.6 Å². The number of rotatable bonds is 8. The van der Waals surface area contributed by atoms with Crippen LogP contribution in [0.15, 0.2) is 12.2 Å². The fraction of sp³-hybridized carbons (Fsp3) is 0.769. The molecule has 0 aromatic rings. The number of carbonyl (C=O) groups is 1. The van der Waals surface area contributed by atoms with Crippen LogP contribution in [0.25, 0.3) is 0 Å². The molecule has 2 unspecified atom stereocenters. The molecule has 21 heavy (non-hydrogen) atoms. The summed E-state index contributed by atoms with van der Waals surface area (Å²) in [7, 11) is -4.90. The number of likely N-dealkylation sites (N-methyl/N-ethyl adjacent to an activating group) is 1. The first kappa shape index (κ1) is 20.0. The van der Waals surface area contributed by atoms with Crippen molar-refractivity contribution in [2.45, 2.75) is 51.7 Å². The Kier molecular flexibility index (Phi) is 6.55. The predicted octanol–water partition coefficient (Wildman–Crippen LogP) is 1.15. The van der Waals surface area contributed by atoms with E-state index in [-0.39, 0.29) is 12.0 Å². The average Bonchev–Trinajstić information content (AvgIpc) is 2.37. The molecule has 0 aromatic heterocycles. The highest BCUT2D eigenvalue weighted by atomic mass is 32.2. The normalized spacial score (nSPS) is 17.9. The van der Waals surface area contributed by atoms with E-state index in [0.717, 1.165) is 0 Å². The monoisotopic (exact) mass is 323 g/mol. The van der Waals surface area contributed by atoms with E-state index in [2.05, 4.69) is 6.58 Å². The molecule has 2 atom stereocenters. The van der Waals surface area contributed by atoms with Crippen molar-refractivity contribution in [3.8, 4) is 0 Å². The van der Waals surface area contributed by atoms with Crippen molar-refractivity contribution in [3.05, 3.63) is 12.2 Å². The number of hydrogen-bond acceptors (Lipinski definition) is 6. The topological polar surface area (TPSA) is 104 Å². The maximum Gasteiger partial charge on any atom is 0.335 e. The van der Waals surface area contributed by atoms with Crippen molar-refractivity contribution in [2.24, 2.45) is 0 Å². The van der Waals surface area contributed by atoms with Crippen molar-refractivity contribution in [2.75, 3.05) is 13.1 Å². The number of nitrogens with zero attached hydrogens (tertiary/aromatic N) is 1. The molecule has 0 bridgehead atoms. The van der Waals surface area contributed by atoms with Crippen LogP contribution in [0.4, 0.5) is 0 Å². The summed E-state index contributed by atoms with van der Waals surface area (Å²) in [6.45, 7) is 11.5. The molecule has 124 valence electrons. The van der Waals surface area contributed by atoms with Crippen molar-refractivity contribution in [3.63, 3.8) is 0 Å². The fourth-order valence-electron chi connectivity index (χ4n) is 2.24. The first-order chi connectivity index (χ1) is 9.41. The molecule has 0 aliphatic heterocycles. The Morgan fingerprint density at radius 1 is 1.29 bits per heavy atom. The van der Waals surface area contributed by atoms with Crippen LogP contribution >= 0.6 is 0 Å². The number of ether oxygens (including phenoxy) is 1. The summed E-state index contributed by atoms with van der Waals surface area (Å²) in [6.07, 6.45) is -0.359. The van der Waals surface area contributed by atoms with E-state index < -0.39 is 26.7 Å². The molecule has 0 aliphatic carbocycles. The van der Waals surface area contributed by atoms with Crippen LogP contribution in [-0.4, -0.2) is 52.7 Å². The largest absolute Gasteiger partial charge is 0.436 e. The Balaban J connectivity index is 6.15. The smallest absolute Gasteiger partial charge is 0.335 e. The van der Waals surface area contributed by atoms with Crippen LogP contribution in [0.3, 0.4) is 0 Å². The molecule has 0 saturated carbocycles. The molecular formula is C13H25NO6S. The highest BCUT2D eigenvalue weighted by Gasteiger charge is 2.60. The number of hydrogen-bond donors (Lipinski definition) is 2. The second-order valence-electron chi connectivity index (χ2n) is 4.94. The molecule has 0 radical (unpaired) electrons. The highest BCUT2D eigenvalue weighted by molar-refractivity contribution is 7.87. The molecule has 0 aromatic carbocycles. The molecular weight excluding hydrogens is 298 g/mol. The van der Waals surface area contributed by atoms with Crippen molar-refractivity contribution in [1.29, 1.82) is 0 Å². The fourth-order valence-corrected chi connectivity index (χ4v) is 3.25. The average molecular weight is 323 g/mol. The van der Waals surface area contributed by atoms with E-state index in [0.29, 0.717) is 13.1 Å². The van der Waals surface area contributed by atoms with E-state index in [1.165, 1.54) is 25.7 Å². The van der Waals surface area contributed by atoms with E-state index in [9.17, 15) is 22.9 Å². The first-order valence-electron chi connectivity index (χ1n) is 6.74. The SMILES string of the molecule is C=C(C)C(=O)OC(C)(N(CC)CC)C(O)(CC)S(=O)(=O)O. The third-order valence-corrected chi connectivity index (χ3v) is 5.16. The zero-order valence-electron chi connectivity index (χ0n) is 13.2. The molecule has 0 aliphatic rings. The third kappa shape index (κ3) is 3.63. The van der Waals surface area contributed by atoms with Gasteiger partial charge in [0.15, 0.2) is 0 Å². The Bertz CT molecular complexity index is 499. The van der Waals surface area contributed by atoms with Gasteiger partial charge in [-0.05, 0) is 33.4 Å². The Morgan fingerprint density at radius 2 is 1.71 bits per heavy atom. The molecule has 2 N–H and O–H groups in total. The van der Waals surface area contributed by atoms with Crippen LogP contribution in [0.2, 0.25) is 0 Å². The minimum Gasteiger partial charge on any atom is -0.436 e. The number of aliphatic hydroxyl groups is 1. The van der Waals surface area contributed by atoms with Crippen LogP contribution in [0, 0.1) is 0 Å². The van der Waals surface area contributed by atoms with Gasteiger partial charge in [-0.2, -0.15) is 8.42 Å². The molecule has 0 fully saturated rings. The van der Waals surface area contributed by atoms with Gasteiger partial charge in [-0.15, -0.1) is 0 Å². The van der Waals surface area contributed by atoms with Crippen LogP contribution < -0.4 is 0 Å². The van der Waals surface area contributed by atoms with Gasteiger partial charge in [-0.3, -0.25) is 9.45 Å². The van der Waals surface area contributed by atoms with Crippen molar-refractivity contribution >= 4 is 16.1 Å². The van der Waals surface area contributed by atoms with E-state index in [1.807, 2.05) is 0 Å². The molecule has 0 heterocycles. The lowest BCUT2D eigenvalue weighted by Crippen LogP contribution is -2.67. The van der Waals surface area contributed by atoms with Crippen LogP contribution in [0.5, 0.6) is 0 Å². The summed E-state index contributed by atoms with van der Waals surface area (Å²) < 4.78 is 38.0. The quantitative estimate of drug-likeness (QED) is 0.299. The summed E-state index contributed by atoms with van der Waals surface area (Å²) in [5, 5.41) is 10.6. The molecule has 0 amide bonds. The highest BCUT2D eigenvalue weighted by Crippen LogP contribution is 2.37. The summed E-state index contributed by atoms with van der Waals surface area (Å²) in [5.74, 6) is -0.847. The van der Waals surface area contributed by atoms with Gasteiger partial charge in [0.2, 0.25) is 10.7 Å². The lowest BCUT2D eigenvalue weighted by Gasteiger charge is -2.47. The molecule has 0 rings (SSSR count). The predicted molar refractivity (Wildman–Crippen MR) is 79.0 cm³/mol. The lowest BCUT2D eigenvalue weighted by molar-refractivity contribution is -0.217. The first-order valence-corrected chi connectivity index (χ1v) is 8.18. The van der Waals surface area contributed by atoms with Gasteiger partial charge in [-0.1, -0.05) is 27.4 Å². The lowest BCUT2D eigenvalue weighted by atomic mass is 10.0. The minimum absolute atomic E-state index is 0.0576. The molecule has 8 heteroatoms. The van der Waals surface area contributed by atoms with Gasteiger partial charge in [0.1, 0.15) is 0 Å². The van der Waals surface area contributed by atoms with Gasteiger partial charge in [-0.25, -0.2) is 4.79 Å². The summed E-state index contributed by atoms with van der Waals surface area (Å²) in [6, 6.07) is 0. The van der Waals surface area contributed by atoms with E-state index >= 15 is 0 Å². The molecule has 0 spiro atoms. The van der Waals surface area contributed by atoms with Gasteiger partial charge in [0, 0.05) is 5.57 Å². The van der Waals surface area contributed by atoms with E-state index in [4.69, 9.17) is 4.74 Å². The van der Waals surface area contributed by atoms with Crippen molar-refractivity contribution in [1.82, 2.24) is 4.90 Å². The summed E-state index contributed by atoms with van der Waals surface area (Å²) >= 11 is 0. The summed E-state index contributed by atoms with van der Waals surface area (Å²) in [4.78, 5) is 10.6. The van der Waals surface area contributed by atoms with Gasteiger partial charge < -0.3 is 9.84 Å². The van der Waals surface area contributed by atoms with Crippen LogP contribution in [-0.2, 0) is 19.6 Å². The number of esters is 1. The third-order valence-electron chi connectivity index (χ3n) is 3.64. The zero-order chi connectivity index (χ0) is 17.1. The maximum absolute atomic E-state index is 11.8. The second kappa shape index (κ2) is 6.87. The standard InChI is InChI=1S/C13H25NO6S/c1-7-13(16,21(17,18)19)12(6,14(8-2)9-3)20-11(15)10(4)5/h16H,4,7-9H2,1-3,5-6H3,(H,17,18,19). The Hall–Kier alpha value is -0.960. The zero-order valence-corrected chi connectivity index (χ0v) is 14.0. The minimum atomic E-state index is -4.90. The Morgan fingerprint density at radius 3 is 1.95 bits per heavy atom. The van der Waals surface area contributed by atoms with Gasteiger partial charge in [0.25, 0.3) is 0 Å². The molecule has 7 nitrogen and oxygen atoms in total. The Labute approximate surface area is 126 Å². The van der Waals surface area contributed by atoms with Gasteiger partial charge in [0.05, 0.1) is 0 Å².